The first kappa shape index (κ1) is 10.7. The number of allylic oxidation sites excluding steroid dienone is 1. The second kappa shape index (κ2) is 7.79. The topological polar surface area (TPSA) is 26.3 Å². The zero-order chi connectivity index (χ0) is 8.53. The lowest BCUT2D eigenvalue weighted by molar-refractivity contribution is -0.139. The second-order valence-corrected chi connectivity index (χ2v) is 2.90. The van der Waals surface area contributed by atoms with Crippen molar-refractivity contribution >= 4 is 21.9 Å². The minimum absolute atomic E-state index is 0.227. The SMILES string of the molecule is CC(=O)OC/C=C/CCCBr. The lowest BCUT2D eigenvalue weighted by Gasteiger charge is -1.93. The summed E-state index contributed by atoms with van der Waals surface area (Å²) < 4.78 is 4.68. The van der Waals surface area contributed by atoms with Crippen LogP contribution in [-0.2, 0) is 9.53 Å². The highest BCUT2D eigenvalue weighted by molar-refractivity contribution is 9.09. The van der Waals surface area contributed by atoms with Gasteiger partial charge in [-0.15, -0.1) is 0 Å². The summed E-state index contributed by atoms with van der Waals surface area (Å²) in [5, 5.41) is 1.02. The van der Waals surface area contributed by atoms with Gasteiger partial charge in [0.1, 0.15) is 6.61 Å². The molecule has 0 fully saturated rings. The number of hydrogen-bond acceptors (Lipinski definition) is 2. The number of ether oxygens (including phenoxy) is 1. The highest BCUT2D eigenvalue weighted by Crippen LogP contribution is 1.94. The van der Waals surface area contributed by atoms with Crippen LogP contribution in [0.2, 0.25) is 0 Å². The Hall–Kier alpha value is -0.310. The molecule has 64 valence electrons. The van der Waals surface area contributed by atoms with Gasteiger partial charge in [0.25, 0.3) is 0 Å². The third kappa shape index (κ3) is 9.69. The zero-order valence-electron chi connectivity index (χ0n) is 6.68. The number of hydrogen-bond donors (Lipinski definition) is 0. The molecule has 0 atom stereocenters. The van der Waals surface area contributed by atoms with Crippen molar-refractivity contribution in [1.82, 2.24) is 0 Å². The van der Waals surface area contributed by atoms with E-state index in [-0.39, 0.29) is 5.97 Å². The van der Waals surface area contributed by atoms with Crippen molar-refractivity contribution in [3.05, 3.63) is 12.2 Å². The van der Waals surface area contributed by atoms with E-state index in [1.165, 1.54) is 6.92 Å². The average molecular weight is 221 g/mol. The lowest BCUT2D eigenvalue weighted by Crippen LogP contribution is -1.97. The summed E-state index contributed by atoms with van der Waals surface area (Å²) in [5.41, 5.74) is 0. The number of carbonyl (C=O) groups is 1. The Bertz CT molecular complexity index is 132. The first-order valence-corrected chi connectivity index (χ1v) is 4.74. The molecule has 0 aromatic carbocycles. The summed E-state index contributed by atoms with van der Waals surface area (Å²) in [5.74, 6) is -0.227. The molecule has 11 heavy (non-hydrogen) atoms. The first-order valence-electron chi connectivity index (χ1n) is 3.61. The van der Waals surface area contributed by atoms with E-state index in [9.17, 15) is 4.79 Å². The molecule has 2 nitrogen and oxygen atoms in total. The van der Waals surface area contributed by atoms with E-state index in [2.05, 4.69) is 20.7 Å². The molecule has 3 heteroatoms. The number of carbonyl (C=O) groups excluding carboxylic acids is 1. The number of halogens is 1. The molecule has 0 rings (SSSR count). The molecule has 0 aromatic rings. The van der Waals surface area contributed by atoms with Crippen LogP contribution in [0.1, 0.15) is 19.8 Å². The van der Waals surface area contributed by atoms with Gasteiger partial charge in [-0.2, -0.15) is 0 Å². The van der Waals surface area contributed by atoms with Gasteiger partial charge in [0.15, 0.2) is 0 Å². The summed E-state index contributed by atoms with van der Waals surface area (Å²) >= 11 is 3.32. The summed E-state index contributed by atoms with van der Waals surface area (Å²) in [7, 11) is 0. The Balaban J connectivity index is 3.10. The molecule has 0 aliphatic carbocycles. The van der Waals surface area contributed by atoms with Gasteiger partial charge in [0.05, 0.1) is 0 Å². The summed E-state index contributed by atoms with van der Waals surface area (Å²) in [4.78, 5) is 10.3. The summed E-state index contributed by atoms with van der Waals surface area (Å²) in [6.45, 7) is 1.81. The monoisotopic (exact) mass is 220 g/mol. The number of alkyl halides is 1. The van der Waals surface area contributed by atoms with Crippen LogP contribution in [0.5, 0.6) is 0 Å². The standard InChI is InChI=1S/C8H13BrO2/c1-8(10)11-7-5-3-2-4-6-9/h3,5H,2,4,6-7H2,1H3/b5-3+. The van der Waals surface area contributed by atoms with Gasteiger partial charge in [-0.05, 0) is 12.8 Å². The molecular weight excluding hydrogens is 208 g/mol. The van der Waals surface area contributed by atoms with Crippen LogP contribution in [0.25, 0.3) is 0 Å². The van der Waals surface area contributed by atoms with Gasteiger partial charge in [0.2, 0.25) is 0 Å². The Morgan fingerprint density at radius 3 is 2.82 bits per heavy atom. The van der Waals surface area contributed by atoms with Gasteiger partial charge >= 0.3 is 5.97 Å². The van der Waals surface area contributed by atoms with Crippen LogP contribution in [0, 0.1) is 0 Å². The predicted octanol–water partition coefficient (Wildman–Crippen LogP) is 2.28. The van der Waals surface area contributed by atoms with Crippen molar-refractivity contribution in [2.75, 3.05) is 11.9 Å². The Kier molecular flexibility index (Phi) is 7.57. The van der Waals surface area contributed by atoms with Crippen molar-refractivity contribution in [2.45, 2.75) is 19.8 Å². The normalized spacial score (nSPS) is 10.4. The fourth-order valence-electron chi connectivity index (χ4n) is 0.546. The fraction of sp³-hybridized carbons (Fsp3) is 0.625. The van der Waals surface area contributed by atoms with E-state index < -0.39 is 0 Å². The number of unbranched alkanes of at least 4 members (excludes halogenated alkanes) is 1. The molecule has 0 N–H and O–H groups in total. The summed E-state index contributed by atoms with van der Waals surface area (Å²) in [6.07, 6.45) is 6.04. The first-order chi connectivity index (χ1) is 5.27. The van der Waals surface area contributed by atoms with E-state index in [4.69, 9.17) is 0 Å². The van der Waals surface area contributed by atoms with Gasteiger partial charge in [-0.1, -0.05) is 28.1 Å². The van der Waals surface area contributed by atoms with Crippen LogP contribution in [0.4, 0.5) is 0 Å². The van der Waals surface area contributed by atoms with E-state index in [0.717, 1.165) is 18.2 Å². The lowest BCUT2D eigenvalue weighted by atomic mass is 10.3. The quantitative estimate of drug-likeness (QED) is 0.308. The molecule has 0 radical (unpaired) electrons. The molecule has 0 aliphatic rings. The van der Waals surface area contributed by atoms with E-state index in [0.29, 0.717) is 6.61 Å². The zero-order valence-corrected chi connectivity index (χ0v) is 8.26. The van der Waals surface area contributed by atoms with Crippen LogP contribution < -0.4 is 0 Å². The molecule has 0 aliphatic heterocycles. The van der Waals surface area contributed by atoms with Crippen LogP contribution in [0.15, 0.2) is 12.2 Å². The Labute approximate surface area is 75.7 Å². The molecule has 0 amide bonds. The van der Waals surface area contributed by atoms with Gasteiger partial charge < -0.3 is 4.74 Å². The second-order valence-electron chi connectivity index (χ2n) is 2.11. The minimum Gasteiger partial charge on any atom is -0.462 e. The van der Waals surface area contributed by atoms with Crippen molar-refractivity contribution in [1.29, 1.82) is 0 Å². The maximum atomic E-state index is 10.3. The molecule has 0 unspecified atom stereocenters. The molecular formula is C8H13BrO2. The third-order valence-electron chi connectivity index (χ3n) is 1.05. The largest absolute Gasteiger partial charge is 0.462 e. The van der Waals surface area contributed by atoms with E-state index in [1.54, 1.807) is 0 Å². The van der Waals surface area contributed by atoms with Crippen molar-refractivity contribution < 1.29 is 9.53 Å². The van der Waals surface area contributed by atoms with E-state index >= 15 is 0 Å². The molecule has 0 saturated carbocycles. The molecule has 0 saturated heterocycles. The third-order valence-corrected chi connectivity index (χ3v) is 1.61. The average Bonchev–Trinajstić information content (AvgIpc) is 1.96. The Morgan fingerprint density at radius 2 is 2.27 bits per heavy atom. The number of esters is 1. The predicted molar refractivity (Wildman–Crippen MR) is 48.8 cm³/mol. The Morgan fingerprint density at radius 1 is 1.55 bits per heavy atom. The van der Waals surface area contributed by atoms with Gasteiger partial charge in [0, 0.05) is 12.3 Å². The smallest absolute Gasteiger partial charge is 0.302 e. The van der Waals surface area contributed by atoms with E-state index in [1.807, 2.05) is 12.2 Å². The molecule has 0 aromatic heterocycles. The maximum absolute atomic E-state index is 10.3. The van der Waals surface area contributed by atoms with Crippen LogP contribution in [-0.4, -0.2) is 17.9 Å². The summed E-state index contributed by atoms with van der Waals surface area (Å²) in [6, 6.07) is 0. The van der Waals surface area contributed by atoms with Crippen molar-refractivity contribution in [3.8, 4) is 0 Å². The minimum atomic E-state index is -0.227. The number of rotatable bonds is 5. The highest BCUT2D eigenvalue weighted by Gasteiger charge is 1.86. The van der Waals surface area contributed by atoms with Crippen LogP contribution in [0.3, 0.4) is 0 Å². The molecule has 0 heterocycles. The maximum Gasteiger partial charge on any atom is 0.302 e. The van der Waals surface area contributed by atoms with Crippen molar-refractivity contribution in [2.24, 2.45) is 0 Å². The van der Waals surface area contributed by atoms with Gasteiger partial charge in [-0.3, -0.25) is 4.79 Å². The fourth-order valence-corrected chi connectivity index (χ4v) is 0.870. The van der Waals surface area contributed by atoms with Crippen molar-refractivity contribution in [3.63, 3.8) is 0 Å². The van der Waals surface area contributed by atoms with Crippen LogP contribution >= 0.6 is 15.9 Å². The molecule has 0 spiro atoms. The molecule has 0 bridgehead atoms. The highest BCUT2D eigenvalue weighted by atomic mass is 79.9. The van der Waals surface area contributed by atoms with Gasteiger partial charge in [-0.25, -0.2) is 0 Å².